The summed E-state index contributed by atoms with van der Waals surface area (Å²) in [5, 5.41) is 4.66. The molecule has 1 aromatic heterocycles. The highest BCUT2D eigenvalue weighted by atomic mass is 79.9. The van der Waals surface area contributed by atoms with Gasteiger partial charge >= 0.3 is 0 Å². The summed E-state index contributed by atoms with van der Waals surface area (Å²) in [6, 6.07) is 13.9. The Morgan fingerprint density at radius 2 is 1.78 bits per heavy atom. The highest BCUT2D eigenvalue weighted by molar-refractivity contribution is 9.10. The maximum Gasteiger partial charge on any atom is 0.265 e. The van der Waals surface area contributed by atoms with Crippen molar-refractivity contribution in [3.05, 3.63) is 74.4 Å². The lowest BCUT2D eigenvalue weighted by Crippen LogP contribution is -2.19. The van der Waals surface area contributed by atoms with Crippen LogP contribution in [0.5, 0.6) is 11.5 Å². The second-order valence-corrected chi connectivity index (χ2v) is 7.68. The Kier molecular flexibility index (Phi) is 4.96. The molecule has 0 unspecified atom stereocenters. The summed E-state index contributed by atoms with van der Waals surface area (Å²) in [6.07, 6.45) is 0. The van der Waals surface area contributed by atoms with Crippen LogP contribution in [0.25, 0.3) is 0 Å². The Bertz CT molecular complexity index is 1020. The van der Waals surface area contributed by atoms with Gasteiger partial charge in [0.05, 0.1) is 16.1 Å². The molecule has 0 saturated carbocycles. The van der Waals surface area contributed by atoms with Crippen molar-refractivity contribution in [3.63, 3.8) is 0 Å². The third-order valence-corrected chi connectivity index (χ3v) is 5.37. The summed E-state index contributed by atoms with van der Waals surface area (Å²) < 4.78 is 12.0. The fraction of sp³-hybridized carbons (Fsp3) is 0.100. The van der Waals surface area contributed by atoms with Gasteiger partial charge in [0.2, 0.25) is 0 Å². The molecule has 0 bridgehead atoms. The summed E-state index contributed by atoms with van der Waals surface area (Å²) in [7, 11) is 0. The van der Waals surface area contributed by atoms with Crippen LogP contribution in [0.3, 0.4) is 0 Å². The van der Waals surface area contributed by atoms with E-state index in [9.17, 15) is 9.59 Å². The monoisotopic (exact) mass is 443 g/mol. The van der Waals surface area contributed by atoms with Crippen molar-refractivity contribution < 1.29 is 19.1 Å². The van der Waals surface area contributed by atoms with Crippen LogP contribution in [-0.2, 0) is 0 Å². The van der Waals surface area contributed by atoms with E-state index in [2.05, 4.69) is 21.2 Å². The number of anilines is 1. The molecule has 3 aromatic rings. The molecule has 1 aliphatic rings. The molecule has 136 valence electrons. The van der Waals surface area contributed by atoms with Gasteiger partial charge in [0.15, 0.2) is 17.3 Å². The van der Waals surface area contributed by atoms with Crippen molar-refractivity contribution in [1.29, 1.82) is 0 Å². The van der Waals surface area contributed by atoms with Crippen LogP contribution < -0.4 is 14.8 Å². The molecule has 0 atom stereocenters. The molecule has 1 amide bonds. The first-order chi connectivity index (χ1) is 13.1. The number of fused-ring (bicyclic) bond motifs is 1. The molecule has 0 radical (unpaired) electrons. The fourth-order valence-electron chi connectivity index (χ4n) is 2.76. The minimum Gasteiger partial charge on any atom is -0.486 e. The first kappa shape index (κ1) is 17.8. The Morgan fingerprint density at radius 3 is 2.48 bits per heavy atom. The number of carbonyl (C=O) groups is 2. The number of carbonyl (C=O) groups excluding carboxylic acids is 2. The molecule has 0 saturated heterocycles. The predicted octanol–water partition coefficient (Wildman–Crippen LogP) is 4.77. The molecule has 4 rings (SSSR count). The normalized spacial score (nSPS) is 12.5. The van der Waals surface area contributed by atoms with Gasteiger partial charge in [-0.05, 0) is 29.6 Å². The smallest absolute Gasteiger partial charge is 0.265 e. The van der Waals surface area contributed by atoms with E-state index < -0.39 is 0 Å². The molecule has 7 heteroatoms. The van der Waals surface area contributed by atoms with Crippen molar-refractivity contribution in [2.75, 3.05) is 18.5 Å². The highest BCUT2D eigenvalue weighted by Crippen LogP contribution is 2.37. The standard InChI is InChI=1S/C20H14BrNO4S/c21-13-4-1-3-12(9-13)19(23)14-10-16-17(26-7-6-25-16)11-15(14)22-20(24)18-5-2-8-27-18/h1-5,8-11H,6-7H2,(H,22,24). The molecular weight excluding hydrogens is 430 g/mol. The van der Waals surface area contributed by atoms with Crippen molar-refractivity contribution >= 4 is 44.6 Å². The number of thiophene rings is 1. The zero-order valence-corrected chi connectivity index (χ0v) is 16.4. The van der Waals surface area contributed by atoms with Crippen LogP contribution in [-0.4, -0.2) is 24.9 Å². The maximum absolute atomic E-state index is 13.1. The number of halogens is 1. The summed E-state index contributed by atoms with van der Waals surface area (Å²) in [5.74, 6) is 0.516. The Hall–Kier alpha value is -2.64. The zero-order valence-electron chi connectivity index (χ0n) is 14.0. The lowest BCUT2D eigenvalue weighted by Gasteiger charge is -2.21. The van der Waals surface area contributed by atoms with Crippen LogP contribution in [0.4, 0.5) is 5.69 Å². The number of nitrogens with one attached hydrogen (secondary N) is 1. The van der Waals surface area contributed by atoms with Crippen molar-refractivity contribution in [3.8, 4) is 11.5 Å². The quantitative estimate of drug-likeness (QED) is 0.590. The molecule has 0 fully saturated rings. The highest BCUT2D eigenvalue weighted by Gasteiger charge is 2.22. The average molecular weight is 444 g/mol. The van der Waals surface area contributed by atoms with Crippen molar-refractivity contribution in [1.82, 2.24) is 0 Å². The number of ketones is 1. The van der Waals surface area contributed by atoms with Gasteiger partial charge in [0.25, 0.3) is 5.91 Å². The van der Waals surface area contributed by atoms with E-state index in [-0.39, 0.29) is 11.7 Å². The molecule has 2 heterocycles. The van der Waals surface area contributed by atoms with Crippen molar-refractivity contribution in [2.24, 2.45) is 0 Å². The van der Waals surface area contributed by atoms with E-state index >= 15 is 0 Å². The third-order valence-electron chi connectivity index (χ3n) is 4.01. The van der Waals surface area contributed by atoms with Gasteiger partial charge in [0.1, 0.15) is 13.2 Å². The van der Waals surface area contributed by atoms with Gasteiger partial charge in [0, 0.05) is 16.1 Å². The number of amides is 1. The molecule has 27 heavy (non-hydrogen) atoms. The second-order valence-electron chi connectivity index (χ2n) is 5.81. The number of ether oxygens (including phenoxy) is 2. The van der Waals surface area contributed by atoms with E-state index in [1.165, 1.54) is 11.3 Å². The molecular formula is C20H14BrNO4S. The SMILES string of the molecule is O=C(Nc1cc2c(cc1C(=O)c1cccc(Br)c1)OCCO2)c1cccs1. The van der Waals surface area contributed by atoms with E-state index in [4.69, 9.17) is 9.47 Å². The first-order valence-corrected chi connectivity index (χ1v) is 9.88. The van der Waals surface area contributed by atoms with Crippen LogP contribution in [0, 0.1) is 0 Å². The fourth-order valence-corrected chi connectivity index (χ4v) is 3.78. The Morgan fingerprint density at radius 1 is 1.00 bits per heavy atom. The summed E-state index contributed by atoms with van der Waals surface area (Å²) in [6.45, 7) is 0.836. The van der Waals surface area contributed by atoms with Gasteiger partial charge in [-0.25, -0.2) is 0 Å². The summed E-state index contributed by atoms with van der Waals surface area (Å²) in [4.78, 5) is 26.2. The van der Waals surface area contributed by atoms with Crippen LogP contribution in [0.15, 0.2) is 58.4 Å². The van der Waals surface area contributed by atoms with Crippen LogP contribution >= 0.6 is 27.3 Å². The molecule has 0 aliphatic carbocycles. The van der Waals surface area contributed by atoms with Gasteiger partial charge in [-0.1, -0.05) is 34.1 Å². The predicted molar refractivity (Wildman–Crippen MR) is 107 cm³/mol. The summed E-state index contributed by atoms with van der Waals surface area (Å²) >= 11 is 4.72. The van der Waals surface area contributed by atoms with Gasteiger partial charge < -0.3 is 14.8 Å². The average Bonchev–Trinajstić information content (AvgIpc) is 3.22. The van der Waals surface area contributed by atoms with Crippen LogP contribution in [0.1, 0.15) is 25.6 Å². The van der Waals surface area contributed by atoms with Crippen molar-refractivity contribution in [2.45, 2.75) is 0 Å². The Labute approximate surface area is 168 Å². The maximum atomic E-state index is 13.1. The second kappa shape index (κ2) is 7.54. The largest absolute Gasteiger partial charge is 0.486 e. The lowest BCUT2D eigenvalue weighted by molar-refractivity contribution is 0.103. The number of hydrogen-bond donors (Lipinski definition) is 1. The molecule has 1 aliphatic heterocycles. The van der Waals surface area contributed by atoms with Gasteiger partial charge in [-0.2, -0.15) is 0 Å². The Balaban J connectivity index is 1.76. The molecule has 2 aromatic carbocycles. The third kappa shape index (κ3) is 3.74. The zero-order chi connectivity index (χ0) is 18.8. The minimum atomic E-state index is -0.273. The topological polar surface area (TPSA) is 64.6 Å². The number of benzene rings is 2. The van der Waals surface area contributed by atoms with Crippen LogP contribution in [0.2, 0.25) is 0 Å². The molecule has 1 N–H and O–H groups in total. The van der Waals surface area contributed by atoms with Gasteiger partial charge in [-0.15, -0.1) is 11.3 Å². The minimum absolute atomic E-state index is 0.213. The van der Waals surface area contributed by atoms with E-state index in [0.29, 0.717) is 46.4 Å². The number of hydrogen-bond acceptors (Lipinski definition) is 5. The van der Waals surface area contributed by atoms with E-state index in [1.807, 2.05) is 11.4 Å². The first-order valence-electron chi connectivity index (χ1n) is 8.20. The molecule has 5 nitrogen and oxygen atoms in total. The number of rotatable bonds is 4. The van der Waals surface area contributed by atoms with E-state index in [1.54, 1.807) is 42.5 Å². The van der Waals surface area contributed by atoms with E-state index in [0.717, 1.165) is 4.47 Å². The van der Waals surface area contributed by atoms with Gasteiger partial charge in [-0.3, -0.25) is 9.59 Å². The lowest BCUT2D eigenvalue weighted by atomic mass is 10.0. The summed E-state index contributed by atoms with van der Waals surface area (Å²) in [5.41, 5.74) is 1.25. The molecule has 0 spiro atoms.